The van der Waals surface area contributed by atoms with Crippen LogP contribution in [0.15, 0.2) is 35.4 Å². The Morgan fingerprint density at radius 3 is 2.74 bits per heavy atom. The van der Waals surface area contributed by atoms with Gasteiger partial charge in [0, 0.05) is 16.1 Å². The fourth-order valence-electron chi connectivity index (χ4n) is 1.71. The summed E-state index contributed by atoms with van der Waals surface area (Å²) in [7, 11) is 1.54. The molecule has 0 aliphatic rings. The van der Waals surface area contributed by atoms with Crippen molar-refractivity contribution < 1.29 is 14.6 Å². The molecule has 0 spiro atoms. The third-order valence-electron chi connectivity index (χ3n) is 2.84. The topological polar surface area (TPSA) is 70.9 Å². The quantitative estimate of drug-likeness (QED) is 0.340. The van der Waals surface area contributed by atoms with Gasteiger partial charge in [-0.25, -0.2) is 5.43 Å². The van der Waals surface area contributed by atoms with Gasteiger partial charge in [-0.15, -0.1) is 0 Å². The Morgan fingerprint density at radius 2 is 2.04 bits per heavy atom. The minimum atomic E-state index is -0.382. The first-order valence-corrected chi connectivity index (χ1v) is 8.81. The number of benzene rings is 2. The van der Waals surface area contributed by atoms with Gasteiger partial charge in [0.2, 0.25) is 0 Å². The molecule has 8 heteroatoms. The van der Waals surface area contributed by atoms with Crippen LogP contribution in [0.25, 0.3) is 0 Å². The summed E-state index contributed by atoms with van der Waals surface area (Å²) in [6.45, 7) is 0. The number of rotatable bonds is 4. The van der Waals surface area contributed by atoms with Crippen molar-refractivity contribution in [2.24, 2.45) is 5.10 Å². The fraction of sp³-hybridized carbons (Fsp3) is 0.0667. The molecule has 1 amide bonds. The maximum Gasteiger partial charge on any atom is 0.271 e. The number of nitrogens with one attached hydrogen (secondary N) is 1. The summed E-state index contributed by atoms with van der Waals surface area (Å²) in [5.74, 6) is 0.292. The van der Waals surface area contributed by atoms with Crippen LogP contribution in [0.2, 0.25) is 5.02 Å². The third-order valence-corrected chi connectivity index (χ3v) is 4.77. The third kappa shape index (κ3) is 4.70. The summed E-state index contributed by atoms with van der Waals surface area (Å²) in [4.78, 5) is 12.1. The molecule has 0 fully saturated rings. The molecular formula is C15H11ClI2N2O3. The van der Waals surface area contributed by atoms with Crippen LogP contribution in [0.4, 0.5) is 0 Å². The Bertz CT molecular complexity index is 782. The number of hydrogen-bond donors (Lipinski definition) is 2. The molecule has 2 rings (SSSR count). The number of aromatic hydroxyl groups is 1. The van der Waals surface area contributed by atoms with Crippen molar-refractivity contribution in [3.05, 3.63) is 53.6 Å². The number of carbonyl (C=O) groups is 1. The lowest BCUT2D eigenvalue weighted by atomic mass is 10.2. The number of phenolic OH excluding ortho intramolecular Hbond substituents is 1. The molecule has 5 nitrogen and oxygen atoms in total. The van der Waals surface area contributed by atoms with Gasteiger partial charge in [-0.3, -0.25) is 4.79 Å². The van der Waals surface area contributed by atoms with Gasteiger partial charge in [-0.1, -0.05) is 11.6 Å². The van der Waals surface area contributed by atoms with Crippen molar-refractivity contribution in [3.8, 4) is 11.5 Å². The second-order valence-electron chi connectivity index (χ2n) is 4.37. The van der Waals surface area contributed by atoms with Crippen molar-refractivity contribution in [2.45, 2.75) is 0 Å². The van der Waals surface area contributed by atoms with E-state index >= 15 is 0 Å². The van der Waals surface area contributed by atoms with Crippen molar-refractivity contribution in [3.63, 3.8) is 0 Å². The molecule has 0 unspecified atom stereocenters. The van der Waals surface area contributed by atoms with E-state index in [1.165, 1.54) is 6.21 Å². The zero-order chi connectivity index (χ0) is 17.0. The first-order chi connectivity index (χ1) is 10.9. The van der Waals surface area contributed by atoms with E-state index in [0.29, 0.717) is 25.5 Å². The number of amides is 1. The van der Waals surface area contributed by atoms with Crippen LogP contribution in [0.3, 0.4) is 0 Å². The number of methoxy groups -OCH3 is 1. The number of nitrogens with zero attached hydrogens (tertiary/aromatic N) is 1. The summed E-state index contributed by atoms with van der Waals surface area (Å²) in [5.41, 5.74) is 3.24. The molecule has 0 saturated heterocycles. The molecule has 0 atom stereocenters. The van der Waals surface area contributed by atoms with Gasteiger partial charge in [0.15, 0.2) is 0 Å². The highest BCUT2D eigenvalue weighted by Crippen LogP contribution is 2.27. The van der Waals surface area contributed by atoms with Gasteiger partial charge in [-0.2, -0.15) is 5.10 Å². The van der Waals surface area contributed by atoms with E-state index in [1.54, 1.807) is 37.4 Å². The highest BCUT2D eigenvalue weighted by atomic mass is 127. The average Bonchev–Trinajstić information content (AvgIpc) is 2.52. The predicted molar refractivity (Wildman–Crippen MR) is 107 cm³/mol. The minimum Gasteiger partial charge on any atom is -0.506 e. The first kappa shape index (κ1) is 18.3. The largest absolute Gasteiger partial charge is 0.506 e. The molecule has 2 aromatic carbocycles. The molecule has 0 aliphatic heterocycles. The number of hydrazone groups is 1. The number of phenols is 1. The fourth-order valence-corrected chi connectivity index (χ4v) is 3.32. The molecular weight excluding hydrogens is 545 g/mol. The predicted octanol–water partition coefficient (Wildman–Crippen LogP) is 4.03. The number of carbonyl (C=O) groups excluding carboxylic acids is 1. The Kier molecular flexibility index (Phi) is 6.48. The van der Waals surface area contributed by atoms with Crippen LogP contribution in [-0.2, 0) is 0 Å². The second kappa shape index (κ2) is 8.15. The molecule has 0 aliphatic carbocycles. The number of hydrogen-bond acceptors (Lipinski definition) is 4. The minimum absolute atomic E-state index is 0.0592. The smallest absolute Gasteiger partial charge is 0.271 e. The molecule has 2 aromatic rings. The van der Waals surface area contributed by atoms with Crippen LogP contribution >= 0.6 is 56.8 Å². The maximum absolute atomic E-state index is 12.1. The Morgan fingerprint density at radius 1 is 1.30 bits per heavy atom. The van der Waals surface area contributed by atoms with Gasteiger partial charge in [-0.05, 0) is 75.5 Å². The van der Waals surface area contributed by atoms with E-state index in [1.807, 2.05) is 22.6 Å². The standard InChI is InChI=1S/C15H11ClI2N2O3/c1-23-13-5-8(2-3-11(13)17)15(22)20-19-7-9-4-10(16)6-12(18)14(9)21/h2-7,21H,1H3,(H,20,22)/b19-7-. The summed E-state index contributed by atoms with van der Waals surface area (Å²) in [6.07, 6.45) is 1.34. The zero-order valence-corrected chi connectivity index (χ0v) is 16.9. The average molecular weight is 557 g/mol. The molecule has 23 heavy (non-hydrogen) atoms. The molecule has 0 bridgehead atoms. The zero-order valence-electron chi connectivity index (χ0n) is 11.8. The van der Waals surface area contributed by atoms with E-state index in [4.69, 9.17) is 16.3 Å². The van der Waals surface area contributed by atoms with Crippen LogP contribution in [-0.4, -0.2) is 24.3 Å². The SMILES string of the molecule is COc1cc(C(=O)N/N=C\c2cc(Cl)cc(I)c2O)ccc1I. The molecule has 120 valence electrons. The Balaban J connectivity index is 2.13. The van der Waals surface area contributed by atoms with Gasteiger partial charge in [0.1, 0.15) is 11.5 Å². The number of ether oxygens (including phenoxy) is 1. The van der Waals surface area contributed by atoms with E-state index in [-0.39, 0.29) is 11.7 Å². The van der Waals surface area contributed by atoms with E-state index in [0.717, 1.165) is 3.57 Å². The van der Waals surface area contributed by atoms with Gasteiger partial charge >= 0.3 is 0 Å². The van der Waals surface area contributed by atoms with Crippen LogP contribution in [0.1, 0.15) is 15.9 Å². The van der Waals surface area contributed by atoms with Crippen LogP contribution in [0, 0.1) is 7.14 Å². The first-order valence-electron chi connectivity index (χ1n) is 6.27. The van der Waals surface area contributed by atoms with E-state index in [9.17, 15) is 9.90 Å². The highest BCUT2D eigenvalue weighted by Gasteiger charge is 2.09. The van der Waals surface area contributed by atoms with Crippen molar-refractivity contribution in [2.75, 3.05) is 7.11 Å². The van der Waals surface area contributed by atoms with Gasteiger partial charge in [0.25, 0.3) is 5.91 Å². The van der Waals surface area contributed by atoms with Crippen molar-refractivity contribution >= 4 is 68.9 Å². The normalized spacial score (nSPS) is 10.8. The summed E-state index contributed by atoms with van der Waals surface area (Å²) in [5, 5.41) is 14.2. The number of halogens is 3. The lowest BCUT2D eigenvalue weighted by Gasteiger charge is -2.06. The van der Waals surface area contributed by atoms with Crippen LogP contribution < -0.4 is 10.2 Å². The lowest BCUT2D eigenvalue weighted by molar-refractivity contribution is 0.0954. The Hall–Kier alpha value is -1.07. The molecule has 2 N–H and O–H groups in total. The van der Waals surface area contributed by atoms with E-state index < -0.39 is 0 Å². The molecule has 0 saturated carbocycles. The van der Waals surface area contributed by atoms with Gasteiger partial charge < -0.3 is 9.84 Å². The van der Waals surface area contributed by atoms with Crippen LogP contribution in [0.5, 0.6) is 11.5 Å². The molecule has 0 radical (unpaired) electrons. The molecule has 0 heterocycles. The highest BCUT2D eigenvalue weighted by molar-refractivity contribution is 14.1. The Labute approximate surface area is 165 Å². The van der Waals surface area contributed by atoms with Crippen molar-refractivity contribution in [1.82, 2.24) is 5.43 Å². The second-order valence-corrected chi connectivity index (χ2v) is 7.13. The van der Waals surface area contributed by atoms with Crippen molar-refractivity contribution in [1.29, 1.82) is 0 Å². The van der Waals surface area contributed by atoms with Gasteiger partial charge in [0.05, 0.1) is 20.5 Å². The summed E-state index contributed by atoms with van der Waals surface area (Å²) in [6, 6.07) is 8.28. The molecule has 0 aromatic heterocycles. The van der Waals surface area contributed by atoms with E-state index in [2.05, 4.69) is 33.1 Å². The maximum atomic E-state index is 12.1. The monoisotopic (exact) mass is 556 g/mol. The summed E-state index contributed by atoms with van der Waals surface area (Å²) < 4.78 is 6.69. The lowest BCUT2D eigenvalue weighted by Crippen LogP contribution is -2.17. The summed E-state index contributed by atoms with van der Waals surface area (Å²) >= 11 is 10.0.